The van der Waals surface area contributed by atoms with Crippen molar-refractivity contribution in [1.29, 1.82) is 0 Å². The molecule has 0 bridgehead atoms. The molecule has 0 radical (unpaired) electrons. The zero-order valence-corrected chi connectivity index (χ0v) is 12.3. The summed E-state index contributed by atoms with van der Waals surface area (Å²) in [6.07, 6.45) is 0. The van der Waals surface area contributed by atoms with E-state index in [4.69, 9.17) is 15.6 Å². The van der Waals surface area contributed by atoms with E-state index in [-0.39, 0.29) is 18.2 Å². The maximum atomic E-state index is 13.0. The van der Waals surface area contributed by atoms with Gasteiger partial charge in [0.15, 0.2) is 0 Å². The van der Waals surface area contributed by atoms with Gasteiger partial charge in [0, 0.05) is 20.2 Å². The Hall–Kier alpha value is -1.70. The van der Waals surface area contributed by atoms with Crippen LogP contribution in [0.15, 0.2) is 18.2 Å². The predicted octanol–water partition coefficient (Wildman–Crippen LogP) is 0.676. The molecule has 7 heteroatoms. The van der Waals surface area contributed by atoms with Crippen LogP contribution in [-0.2, 0) is 9.53 Å². The normalized spacial score (nSPS) is 12.4. The van der Waals surface area contributed by atoms with Gasteiger partial charge in [-0.2, -0.15) is 0 Å². The van der Waals surface area contributed by atoms with Crippen molar-refractivity contribution < 1.29 is 19.0 Å². The summed E-state index contributed by atoms with van der Waals surface area (Å²) in [5.41, 5.74) is 6.19. The predicted molar refractivity (Wildman–Crippen MR) is 79.4 cm³/mol. The largest absolute Gasteiger partial charge is 0.397 e. The van der Waals surface area contributed by atoms with E-state index in [1.807, 2.05) is 0 Å². The summed E-state index contributed by atoms with van der Waals surface area (Å²) in [4.78, 5) is 14.0. The lowest BCUT2D eigenvalue weighted by molar-refractivity contribution is -0.121. The lowest BCUT2D eigenvalue weighted by atomic mass is 10.2. The van der Waals surface area contributed by atoms with E-state index < -0.39 is 11.9 Å². The van der Waals surface area contributed by atoms with Crippen molar-refractivity contribution in [3.8, 4) is 0 Å². The van der Waals surface area contributed by atoms with Crippen LogP contribution >= 0.6 is 0 Å². The highest BCUT2D eigenvalue weighted by Gasteiger charge is 2.21. The summed E-state index contributed by atoms with van der Waals surface area (Å²) in [5.74, 6) is -0.738. The molecule has 0 heterocycles. The number of aliphatic hydroxyl groups excluding tert-OH is 1. The van der Waals surface area contributed by atoms with Crippen LogP contribution in [0.2, 0.25) is 0 Å². The molecule has 0 spiro atoms. The number of benzene rings is 1. The molecule has 0 aliphatic rings. The summed E-state index contributed by atoms with van der Waals surface area (Å²) in [6, 6.07) is 3.32. The van der Waals surface area contributed by atoms with Crippen LogP contribution in [-0.4, -0.2) is 55.4 Å². The molecule has 1 rings (SSSR count). The van der Waals surface area contributed by atoms with Crippen LogP contribution in [0.4, 0.5) is 15.8 Å². The minimum Gasteiger partial charge on any atom is -0.397 e. The monoisotopic (exact) mass is 299 g/mol. The van der Waals surface area contributed by atoms with Gasteiger partial charge in [-0.25, -0.2) is 4.39 Å². The molecule has 1 aromatic carbocycles. The third-order valence-corrected chi connectivity index (χ3v) is 3.17. The van der Waals surface area contributed by atoms with Crippen molar-refractivity contribution in [1.82, 2.24) is 4.90 Å². The fourth-order valence-corrected chi connectivity index (χ4v) is 1.89. The van der Waals surface area contributed by atoms with E-state index in [2.05, 4.69) is 5.32 Å². The van der Waals surface area contributed by atoms with E-state index in [9.17, 15) is 9.18 Å². The van der Waals surface area contributed by atoms with Gasteiger partial charge >= 0.3 is 0 Å². The summed E-state index contributed by atoms with van der Waals surface area (Å²) < 4.78 is 18.0. The minimum atomic E-state index is -0.475. The number of nitrogens with zero attached hydrogens (tertiary/aromatic N) is 1. The average molecular weight is 299 g/mol. The highest BCUT2D eigenvalue weighted by molar-refractivity contribution is 5.97. The van der Waals surface area contributed by atoms with E-state index in [1.54, 1.807) is 18.9 Å². The Morgan fingerprint density at radius 1 is 1.52 bits per heavy atom. The molecule has 118 valence electrons. The quantitative estimate of drug-likeness (QED) is 0.614. The Balaban J connectivity index is 2.71. The van der Waals surface area contributed by atoms with Crippen LogP contribution in [0.1, 0.15) is 6.92 Å². The zero-order valence-electron chi connectivity index (χ0n) is 12.3. The number of halogens is 1. The van der Waals surface area contributed by atoms with E-state index in [1.165, 1.54) is 12.1 Å². The molecule has 0 aliphatic carbocycles. The molecular formula is C14H22FN3O3. The average Bonchev–Trinajstić information content (AvgIpc) is 2.45. The lowest BCUT2D eigenvalue weighted by Gasteiger charge is -2.27. The smallest absolute Gasteiger partial charge is 0.241 e. The molecule has 1 unspecified atom stereocenters. The van der Waals surface area contributed by atoms with Gasteiger partial charge in [-0.3, -0.25) is 9.69 Å². The maximum absolute atomic E-state index is 13.0. The molecule has 0 aliphatic heterocycles. The fraction of sp³-hybridized carbons (Fsp3) is 0.500. The van der Waals surface area contributed by atoms with Crippen LogP contribution in [0, 0.1) is 5.82 Å². The first-order valence-electron chi connectivity index (χ1n) is 6.69. The molecule has 1 aromatic rings. The number of hydrogen-bond acceptors (Lipinski definition) is 5. The summed E-state index contributed by atoms with van der Waals surface area (Å²) in [5, 5.41) is 11.7. The number of nitrogens with two attached hydrogens (primary N) is 1. The number of nitrogens with one attached hydrogen (secondary N) is 1. The minimum absolute atomic E-state index is 0.0555. The Kier molecular flexibility index (Phi) is 7.07. The van der Waals surface area contributed by atoms with Crippen molar-refractivity contribution in [2.45, 2.75) is 13.0 Å². The second-order valence-electron chi connectivity index (χ2n) is 4.65. The molecule has 1 amide bonds. The highest BCUT2D eigenvalue weighted by Crippen LogP contribution is 2.19. The summed E-state index contributed by atoms with van der Waals surface area (Å²) >= 11 is 0. The molecule has 0 fully saturated rings. The number of rotatable bonds is 8. The molecule has 0 aromatic heterocycles. The van der Waals surface area contributed by atoms with Gasteiger partial charge in [0.05, 0.1) is 30.6 Å². The van der Waals surface area contributed by atoms with Crippen molar-refractivity contribution >= 4 is 17.3 Å². The van der Waals surface area contributed by atoms with Crippen molar-refractivity contribution in [2.75, 3.05) is 44.5 Å². The third-order valence-electron chi connectivity index (χ3n) is 3.17. The molecule has 6 nitrogen and oxygen atoms in total. The Morgan fingerprint density at radius 3 is 2.81 bits per heavy atom. The van der Waals surface area contributed by atoms with Gasteiger partial charge in [0.2, 0.25) is 5.91 Å². The number of carbonyl (C=O) groups is 1. The number of nitrogen functional groups attached to an aromatic ring is 1. The second-order valence-corrected chi connectivity index (χ2v) is 4.65. The van der Waals surface area contributed by atoms with Gasteiger partial charge in [-0.1, -0.05) is 0 Å². The summed E-state index contributed by atoms with van der Waals surface area (Å²) in [6.45, 7) is 3.00. The van der Waals surface area contributed by atoms with Crippen molar-refractivity contribution in [3.05, 3.63) is 24.0 Å². The molecule has 1 atom stereocenters. The van der Waals surface area contributed by atoms with Gasteiger partial charge in [0.1, 0.15) is 5.82 Å². The fourth-order valence-electron chi connectivity index (χ4n) is 1.89. The number of methoxy groups -OCH3 is 1. The first kappa shape index (κ1) is 17.4. The standard InChI is InChI=1S/C14H22FN3O3/c1-10(18(5-7-19)6-8-21-2)14(20)17-13-4-3-11(15)9-12(13)16/h3-4,9-10,19H,5-8,16H2,1-2H3,(H,17,20). The second kappa shape index (κ2) is 8.56. The molecule has 4 N–H and O–H groups in total. The van der Waals surface area contributed by atoms with Crippen molar-refractivity contribution in [3.63, 3.8) is 0 Å². The lowest BCUT2D eigenvalue weighted by Crippen LogP contribution is -2.45. The van der Waals surface area contributed by atoms with Gasteiger partial charge in [-0.05, 0) is 25.1 Å². The van der Waals surface area contributed by atoms with E-state index in [0.717, 1.165) is 6.07 Å². The van der Waals surface area contributed by atoms with Crippen LogP contribution < -0.4 is 11.1 Å². The molecule has 0 saturated carbocycles. The Labute approximate surface area is 123 Å². The SMILES string of the molecule is COCCN(CCO)C(C)C(=O)Nc1ccc(F)cc1N. The number of hydrogen-bond donors (Lipinski definition) is 3. The van der Waals surface area contributed by atoms with Gasteiger partial charge < -0.3 is 20.9 Å². The molecule has 0 saturated heterocycles. The maximum Gasteiger partial charge on any atom is 0.241 e. The zero-order chi connectivity index (χ0) is 15.8. The van der Waals surface area contributed by atoms with Crippen molar-refractivity contribution in [2.24, 2.45) is 0 Å². The van der Waals surface area contributed by atoms with Gasteiger partial charge in [-0.15, -0.1) is 0 Å². The Morgan fingerprint density at radius 2 is 2.24 bits per heavy atom. The molecule has 21 heavy (non-hydrogen) atoms. The van der Waals surface area contributed by atoms with E-state index in [0.29, 0.717) is 25.4 Å². The molecular weight excluding hydrogens is 277 g/mol. The number of anilines is 2. The first-order valence-corrected chi connectivity index (χ1v) is 6.69. The topological polar surface area (TPSA) is 87.8 Å². The number of ether oxygens (including phenoxy) is 1. The number of carbonyl (C=O) groups excluding carboxylic acids is 1. The first-order chi connectivity index (χ1) is 9.99. The van der Waals surface area contributed by atoms with E-state index >= 15 is 0 Å². The van der Waals surface area contributed by atoms with Crippen LogP contribution in [0.5, 0.6) is 0 Å². The van der Waals surface area contributed by atoms with Crippen LogP contribution in [0.3, 0.4) is 0 Å². The summed E-state index contributed by atoms with van der Waals surface area (Å²) in [7, 11) is 1.57. The van der Waals surface area contributed by atoms with Crippen LogP contribution in [0.25, 0.3) is 0 Å². The Bertz CT molecular complexity index is 471. The number of amides is 1. The highest BCUT2D eigenvalue weighted by atomic mass is 19.1. The van der Waals surface area contributed by atoms with Gasteiger partial charge in [0.25, 0.3) is 0 Å². The third kappa shape index (κ3) is 5.30. The number of aliphatic hydroxyl groups is 1.